The van der Waals surface area contributed by atoms with Crippen molar-refractivity contribution in [3.8, 4) is 0 Å². The molecule has 1 aromatic carbocycles. The number of ether oxygens (including phenoxy) is 1. The monoisotopic (exact) mass is 280 g/mol. The Hall–Kier alpha value is -2.09. The number of methoxy groups -OCH3 is 1. The van der Waals surface area contributed by atoms with Gasteiger partial charge in [0.25, 0.3) is 0 Å². The van der Waals surface area contributed by atoms with Crippen molar-refractivity contribution in [2.24, 2.45) is 5.41 Å². The maximum absolute atomic E-state index is 12.0. The lowest BCUT2D eigenvalue weighted by Crippen LogP contribution is -2.27. The summed E-state index contributed by atoms with van der Waals surface area (Å²) in [6.07, 6.45) is 2.27. The lowest BCUT2D eigenvalue weighted by molar-refractivity contribution is -0.116. The van der Waals surface area contributed by atoms with Crippen LogP contribution >= 0.6 is 0 Å². The molecule has 2 aliphatic carbocycles. The third kappa shape index (κ3) is 1.90. The minimum absolute atomic E-state index is 0.197. The molecule has 0 spiro atoms. The van der Waals surface area contributed by atoms with E-state index in [1.807, 2.05) is 25.1 Å². The summed E-state index contributed by atoms with van der Waals surface area (Å²) in [5.74, 6) is 1.12. The first-order valence-electron chi connectivity index (χ1n) is 7.26. The maximum atomic E-state index is 12.0. The summed E-state index contributed by atoms with van der Waals surface area (Å²) < 4.78 is 5.76. The smallest absolute Gasteiger partial charge is 0.157 e. The Morgan fingerprint density at radius 3 is 2.43 bits per heavy atom. The van der Waals surface area contributed by atoms with E-state index in [4.69, 9.17) is 4.74 Å². The van der Waals surface area contributed by atoms with E-state index in [1.54, 1.807) is 13.2 Å². The van der Waals surface area contributed by atoms with Gasteiger partial charge in [-0.1, -0.05) is 42.8 Å². The van der Waals surface area contributed by atoms with Crippen LogP contribution in [0.15, 0.2) is 58.9 Å². The fourth-order valence-corrected chi connectivity index (χ4v) is 3.71. The van der Waals surface area contributed by atoms with Crippen molar-refractivity contribution in [1.29, 1.82) is 0 Å². The summed E-state index contributed by atoms with van der Waals surface area (Å²) in [4.78, 5) is 12.0. The van der Waals surface area contributed by atoms with Crippen LogP contribution in [0.1, 0.15) is 32.8 Å². The van der Waals surface area contributed by atoms with Gasteiger partial charge in [0.2, 0.25) is 0 Å². The Morgan fingerprint density at radius 1 is 1.14 bits per heavy atom. The van der Waals surface area contributed by atoms with Crippen LogP contribution in [-0.4, -0.2) is 12.9 Å². The van der Waals surface area contributed by atoms with Gasteiger partial charge in [0.1, 0.15) is 5.76 Å². The number of hydrogen-bond donors (Lipinski definition) is 0. The van der Waals surface area contributed by atoms with Gasteiger partial charge in [-0.2, -0.15) is 0 Å². The van der Waals surface area contributed by atoms with Gasteiger partial charge in [-0.25, -0.2) is 0 Å². The predicted octanol–water partition coefficient (Wildman–Crippen LogP) is 4.30. The molecule has 0 fully saturated rings. The number of benzene rings is 1. The number of rotatable bonds is 2. The van der Waals surface area contributed by atoms with E-state index in [1.165, 1.54) is 11.1 Å². The first-order valence-corrected chi connectivity index (χ1v) is 7.26. The van der Waals surface area contributed by atoms with Crippen molar-refractivity contribution < 1.29 is 9.53 Å². The molecular formula is C19H20O2. The lowest BCUT2D eigenvalue weighted by Gasteiger charge is -2.33. The average molecular weight is 280 g/mol. The summed E-state index contributed by atoms with van der Waals surface area (Å²) >= 11 is 0. The van der Waals surface area contributed by atoms with Gasteiger partial charge in [0.05, 0.1) is 7.11 Å². The molecule has 2 heteroatoms. The summed E-state index contributed by atoms with van der Waals surface area (Å²) in [7, 11) is 1.72. The molecule has 21 heavy (non-hydrogen) atoms. The lowest BCUT2D eigenvalue weighted by atomic mass is 9.69. The third-order valence-corrected chi connectivity index (χ3v) is 4.77. The molecule has 0 heterocycles. The largest absolute Gasteiger partial charge is 0.496 e. The normalized spacial score (nSPS) is 25.1. The van der Waals surface area contributed by atoms with Crippen LogP contribution in [0.4, 0.5) is 0 Å². The fraction of sp³-hybridized carbons (Fsp3) is 0.316. The first-order chi connectivity index (χ1) is 9.99. The molecule has 0 saturated carbocycles. The van der Waals surface area contributed by atoms with Crippen LogP contribution in [-0.2, 0) is 9.53 Å². The second kappa shape index (κ2) is 4.73. The molecule has 0 radical (unpaired) electrons. The zero-order valence-electron chi connectivity index (χ0n) is 13.0. The van der Waals surface area contributed by atoms with Crippen LogP contribution in [0.25, 0.3) is 5.57 Å². The van der Waals surface area contributed by atoms with Gasteiger partial charge in [-0.15, -0.1) is 0 Å². The van der Waals surface area contributed by atoms with E-state index in [0.29, 0.717) is 6.42 Å². The molecular weight excluding hydrogens is 260 g/mol. The number of ketones is 1. The molecule has 2 nitrogen and oxygen atoms in total. The van der Waals surface area contributed by atoms with Crippen LogP contribution in [0, 0.1) is 5.41 Å². The van der Waals surface area contributed by atoms with Gasteiger partial charge in [-0.05, 0) is 31.1 Å². The molecule has 0 saturated heterocycles. The van der Waals surface area contributed by atoms with Gasteiger partial charge in [0.15, 0.2) is 5.78 Å². The topological polar surface area (TPSA) is 26.3 Å². The minimum Gasteiger partial charge on any atom is -0.496 e. The van der Waals surface area contributed by atoms with Crippen molar-refractivity contribution in [3.05, 3.63) is 64.4 Å². The second-order valence-corrected chi connectivity index (χ2v) is 6.08. The van der Waals surface area contributed by atoms with Crippen LogP contribution < -0.4 is 0 Å². The Labute approximate surface area is 125 Å². The fourth-order valence-electron chi connectivity index (χ4n) is 3.71. The van der Waals surface area contributed by atoms with E-state index >= 15 is 0 Å². The van der Waals surface area contributed by atoms with Gasteiger partial charge >= 0.3 is 0 Å². The van der Waals surface area contributed by atoms with Gasteiger partial charge in [0, 0.05) is 23.0 Å². The first kappa shape index (κ1) is 13.9. The predicted molar refractivity (Wildman–Crippen MR) is 84.6 cm³/mol. The molecule has 1 atom stereocenters. The highest BCUT2D eigenvalue weighted by atomic mass is 16.5. The molecule has 3 rings (SSSR count). The molecule has 108 valence electrons. The molecule has 0 bridgehead atoms. The average Bonchev–Trinajstić information content (AvgIpc) is 2.68. The Balaban J connectivity index is 2.29. The summed E-state index contributed by atoms with van der Waals surface area (Å²) in [6.45, 7) is 6.28. The van der Waals surface area contributed by atoms with Crippen molar-refractivity contribution in [2.45, 2.75) is 27.2 Å². The molecule has 0 aliphatic heterocycles. The number of allylic oxidation sites excluding steroid dienone is 5. The van der Waals surface area contributed by atoms with Crippen LogP contribution in [0.3, 0.4) is 0 Å². The van der Waals surface area contributed by atoms with Crippen molar-refractivity contribution in [2.75, 3.05) is 7.11 Å². The number of carbonyl (C=O) groups is 1. The van der Waals surface area contributed by atoms with E-state index in [0.717, 1.165) is 22.5 Å². The van der Waals surface area contributed by atoms with Gasteiger partial charge < -0.3 is 4.74 Å². The Bertz CT molecular complexity index is 704. The van der Waals surface area contributed by atoms with E-state index in [2.05, 4.69) is 26.0 Å². The second-order valence-electron chi connectivity index (χ2n) is 6.08. The van der Waals surface area contributed by atoms with Crippen molar-refractivity contribution in [3.63, 3.8) is 0 Å². The van der Waals surface area contributed by atoms with E-state index in [9.17, 15) is 4.79 Å². The zero-order valence-corrected chi connectivity index (χ0v) is 13.0. The third-order valence-electron chi connectivity index (χ3n) is 4.77. The Morgan fingerprint density at radius 2 is 1.81 bits per heavy atom. The molecule has 1 aromatic rings. The summed E-state index contributed by atoms with van der Waals surface area (Å²) in [5.41, 5.74) is 5.46. The molecule has 1 unspecified atom stereocenters. The van der Waals surface area contributed by atoms with Crippen molar-refractivity contribution >= 4 is 11.4 Å². The minimum atomic E-state index is -0.244. The highest BCUT2D eigenvalue weighted by Crippen LogP contribution is 2.56. The van der Waals surface area contributed by atoms with Crippen LogP contribution in [0.2, 0.25) is 0 Å². The van der Waals surface area contributed by atoms with Crippen LogP contribution in [0.5, 0.6) is 0 Å². The summed E-state index contributed by atoms with van der Waals surface area (Å²) in [6, 6.07) is 10.3. The molecule has 0 amide bonds. The highest BCUT2D eigenvalue weighted by molar-refractivity contribution is 5.98. The maximum Gasteiger partial charge on any atom is 0.157 e. The molecule has 0 N–H and O–H groups in total. The number of hydrogen-bond acceptors (Lipinski definition) is 2. The number of carbonyl (C=O) groups excluding carboxylic acids is 1. The Kier molecular flexibility index (Phi) is 3.12. The summed E-state index contributed by atoms with van der Waals surface area (Å²) in [5, 5.41) is 0. The highest BCUT2D eigenvalue weighted by Gasteiger charge is 2.46. The van der Waals surface area contributed by atoms with Gasteiger partial charge in [-0.3, -0.25) is 4.79 Å². The SMILES string of the molecule is COC1=C2C(C)=CC(=O)CC2(C)C(C)=C1c1ccccc1. The standard InChI is InChI=1S/C19H20O2/c1-12-10-15(20)11-19(3)13(2)16(18(21-4)17(12)19)14-8-6-5-7-9-14/h5-10H,11H2,1-4H3. The van der Waals surface area contributed by atoms with Crippen molar-refractivity contribution in [1.82, 2.24) is 0 Å². The quantitative estimate of drug-likeness (QED) is 0.807. The van der Waals surface area contributed by atoms with E-state index in [-0.39, 0.29) is 11.2 Å². The molecule has 2 aliphatic rings. The van der Waals surface area contributed by atoms with E-state index < -0.39 is 0 Å². The molecule has 0 aromatic heterocycles. The zero-order chi connectivity index (χ0) is 15.2. The number of fused-ring (bicyclic) bond motifs is 1.